The smallest absolute Gasteiger partial charge is 0.191 e. The molecule has 4 heteroatoms. The second kappa shape index (κ2) is 10.2. The second-order valence-corrected chi connectivity index (χ2v) is 5.08. The van der Waals surface area contributed by atoms with Crippen LogP contribution in [0.25, 0.3) is 0 Å². The Morgan fingerprint density at radius 3 is 2.29 bits per heavy atom. The van der Waals surface area contributed by atoms with E-state index < -0.39 is 0 Å². The highest BCUT2D eigenvalue weighted by atomic mass is 15.2. The van der Waals surface area contributed by atoms with Gasteiger partial charge in [-0.1, -0.05) is 45.0 Å². The first-order valence-electron chi connectivity index (χ1n) is 7.98. The summed E-state index contributed by atoms with van der Waals surface area (Å²) in [5.74, 6) is 0.870. The number of guanidine groups is 1. The van der Waals surface area contributed by atoms with Crippen molar-refractivity contribution in [2.45, 2.75) is 40.3 Å². The largest absolute Gasteiger partial charge is 0.356 e. The third kappa shape index (κ3) is 6.17. The molecule has 0 amide bonds. The molecule has 118 valence electrons. The van der Waals surface area contributed by atoms with Crippen LogP contribution in [0.3, 0.4) is 0 Å². The minimum atomic E-state index is 0.806. The zero-order chi connectivity index (χ0) is 15.5. The van der Waals surface area contributed by atoms with E-state index in [0.717, 1.165) is 45.1 Å². The van der Waals surface area contributed by atoms with Gasteiger partial charge in [0, 0.05) is 26.7 Å². The summed E-state index contributed by atoms with van der Waals surface area (Å²) in [6.45, 7) is 11.5. The van der Waals surface area contributed by atoms with Crippen LogP contribution in [0.4, 0.5) is 0 Å². The Morgan fingerprint density at radius 1 is 1.05 bits per heavy atom. The van der Waals surface area contributed by atoms with Crippen molar-refractivity contribution in [3.8, 4) is 0 Å². The molecule has 0 heterocycles. The van der Waals surface area contributed by atoms with Gasteiger partial charge in [0.2, 0.25) is 0 Å². The third-order valence-corrected chi connectivity index (χ3v) is 3.62. The fourth-order valence-corrected chi connectivity index (χ4v) is 2.22. The zero-order valence-electron chi connectivity index (χ0n) is 13.9. The Labute approximate surface area is 129 Å². The van der Waals surface area contributed by atoms with E-state index in [1.807, 2.05) is 7.05 Å². The highest BCUT2D eigenvalue weighted by Crippen LogP contribution is 2.11. The number of benzene rings is 1. The van der Waals surface area contributed by atoms with Crippen molar-refractivity contribution in [2.75, 3.05) is 26.7 Å². The molecular weight excluding hydrogens is 260 g/mol. The standard InChI is InChI=1S/C17H30N4/c1-5-12-19-17(18-4)20-13-15-10-8-9-11-16(15)14-21(6-2)7-3/h8-11H,5-7,12-14H2,1-4H3,(H2,18,19,20). The van der Waals surface area contributed by atoms with Gasteiger partial charge < -0.3 is 10.6 Å². The molecule has 0 saturated heterocycles. The summed E-state index contributed by atoms with van der Waals surface area (Å²) in [5.41, 5.74) is 2.73. The molecule has 0 spiro atoms. The lowest BCUT2D eigenvalue weighted by Crippen LogP contribution is -2.37. The summed E-state index contributed by atoms with van der Waals surface area (Å²) in [4.78, 5) is 6.68. The quantitative estimate of drug-likeness (QED) is 0.571. The molecule has 0 fully saturated rings. The first-order chi connectivity index (χ1) is 10.2. The molecule has 0 saturated carbocycles. The SMILES string of the molecule is CCCNC(=NC)NCc1ccccc1CN(CC)CC. The van der Waals surface area contributed by atoms with Crippen molar-refractivity contribution in [2.24, 2.45) is 4.99 Å². The van der Waals surface area contributed by atoms with Crippen molar-refractivity contribution in [3.63, 3.8) is 0 Å². The average molecular weight is 290 g/mol. The molecule has 0 aliphatic rings. The van der Waals surface area contributed by atoms with Crippen molar-refractivity contribution in [1.82, 2.24) is 15.5 Å². The van der Waals surface area contributed by atoms with Crippen LogP contribution in [0.5, 0.6) is 0 Å². The van der Waals surface area contributed by atoms with Crippen LogP contribution in [-0.2, 0) is 13.1 Å². The molecule has 0 bridgehead atoms. The third-order valence-electron chi connectivity index (χ3n) is 3.62. The molecule has 0 aliphatic heterocycles. The van der Waals surface area contributed by atoms with Gasteiger partial charge in [0.15, 0.2) is 5.96 Å². The highest BCUT2D eigenvalue weighted by molar-refractivity contribution is 5.79. The lowest BCUT2D eigenvalue weighted by atomic mass is 10.1. The van der Waals surface area contributed by atoms with Gasteiger partial charge in [-0.3, -0.25) is 9.89 Å². The van der Waals surface area contributed by atoms with Gasteiger partial charge in [-0.25, -0.2) is 0 Å². The Bertz CT molecular complexity index is 425. The molecule has 1 aromatic carbocycles. The van der Waals surface area contributed by atoms with Crippen LogP contribution in [0, 0.1) is 0 Å². The molecular formula is C17H30N4. The Kier molecular flexibility index (Phi) is 8.51. The lowest BCUT2D eigenvalue weighted by Gasteiger charge is -2.20. The molecule has 0 atom stereocenters. The molecule has 2 N–H and O–H groups in total. The molecule has 1 rings (SSSR count). The molecule has 21 heavy (non-hydrogen) atoms. The molecule has 0 unspecified atom stereocenters. The number of hydrogen-bond acceptors (Lipinski definition) is 2. The number of hydrogen-bond donors (Lipinski definition) is 2. The summed E-state index contributed by atoms with van der Waals surface area (Å²) < 4.78 is 0. The minimum Gasteiger partial charge on any atom is -0.356 e. The molecule has 4 nitrogen and oxygen atoms in total. The van der Waals surface area contributed by atoms with Crippen LogP contribution in [0.1, 0.15) is 38.3 Å². The molecule has 1 aromatic rings. The van der Waals surface area contributed by atoms with Crippen LogP contribution >= 0.6 is 0 Å². The monoisotopic (exact) mass is 290 g/mol. The second-order valence-electron chi connectivity index (χ2n) is 5.08. The predicted molar refractivity (Wildman–Crippen MR) is 91.6 cm³/mol. The van der Waals surface area contributed by atoms with E-state index in [4.69, 9.17) is 0 Å². The summed E-state index contributed by atoms with van der Waals surface area (Å²) >= 11 is 0. The van der Waals surface area contributed by atoms with Gasteiger partial charge in [-0.15, -0.1) is 0 Å². The van der Waals surface area contributed by atoms with Gasteiger partial charge in [-0.2, -0.15) is 0 Å². The van der Waals surface area contributed by atoms with Crippen molar-refractivity contribution >= 4 is 5.96 Å². The van der Waals surface area contributed by atoms with E-state index in [9.17, 15) is 0 Å². The van der Waals surface area contributed by atoms with E-state index in [1.165, 1.54) is 11.1 Å². The minimum absolute atomic E-state index is 0.806. The van der Waals surface area contributed by atoms with Crippen molar-refractivity contribution in [1.29, 1.82) is 0 Å². The Hall–Kier alpha value is -1.55. The molecule has 0 aromatic heterocycles. The normalized spacial score (nSPS) is 11.8. The van der Waals surface area contributed by atoms with Gasteiger partial charge in [-0.05, 0) is 30.6 Å². The average Bonchev–Trinajstić information content (AvgIpc) is 2.53. The summed E-state index contributed by atoms with van der Waals surface area (Å²) in [5, 5.41) is 6.69. The van der Waals surface area contributed by atoms with Crippen LogP contribution in [0.2, 0.25) is 0 Å². The van der Waals surface area contributed by atoms with Crippen LogP contribution in [-0.4, -0.2) is 37.5 Å². The number of nitrogens with zero attached hydrogens (tertiary/aromatic N) is 2. The molecule has 0 radical (unpaired) electrons. The summed E-state index contributed by atoms with van der Waals surface area (Å²) in [6.07, 6.45) is 1.10. The lowest BCUT2D eigenvalue weighted by molar-refractivity contribution is 0.295. The Balaban J connectivity index is 2.66. The Morgan fingerprint density at radius 2 is 1.71 bits per heavy atom. The van der Waals surface area contributed by atoms with Gasteiger partial charge in [0.1, 0.15) is 0 Å². The first-order valence-corrected chi connectivity index (χ1v) is 7.98. The van der Waals surface area contributed by atoms with E-state index in [0.29, 0.717) is 0 Å². The van der Waals surface area contributed by atoms with E-state index in [1.54, 1.807) is 0 Å². The van der Waals surface area contributed by atoms with Crippen molar-refractivity contribution in [3.05, 3.63) is 35.4 Å². The summed E-state index contributed by atoms with van der Waals surface area (Å²) in [7, 11) is 1.81. The van der Waals surface area contributed by atoms with E-state index in [2.05, 4.69) is 65.6 Å². The number of rotatable bonds is 8. The van der Waals surface area contributed by atoms with Crippen LogP contribution in [0.15, 0.2) is 29.3 Å². The molecule has 0 aliphatic carbocycles. The van der Waals surface area contributed by atoms with Crippen molar-refractivity contribution < 1.29 is 0 Å². The van der Waals surface area contributed by atoms with Gasteiger partial charge in [0.25, 0.3) is 0 Å². The van der Waals surface area contributed by atoms with Crippen LogP contribution < -0.4 is 10.6 Å². The highest BCUT2D eigenvalue weighted by Gasteiger charge is 2.06. The summed E-state index contributed by atoms with van der Waals surface area (Å²) in [6, 6.07) is 8.63. The van der Waals surface area contributed by atoms with Gasteiger partial charge in [0.05, 0.1) is 0 Å². The maximum Gasteiger partial charge on any atom is 0.191 e. The first kappa shape index (κ1) is 17.5. The number of nitrogens with one attached hydrogen (secondary N) is 2. The number of aliphatic imine (C=N–C) groups is 1. The van der Waals surface area contributed by atoms with Gasteiger partial charge >= 0.3 is 0 Å². The topological polar surface area (TPSA) is 39.7 Å². The maximum absolute atomic E-state index is 4.25. The fraction of sp³-hybridized carbons (Fsp3) is 0.588. The van der Waals surface area contributed by atoms with E-state index >= 15 is 0 Å². The fourth-order valence-electron chi connectivity index (χ4n) is 2.22. The maximum atomic E-state index is 4.25. The zero-order valence-corrected chi connectivity index (χ0v) is 13.9. The van der Waals surface area contributed by atoms with E-state index in [-0.39, 0.29) is 0 Å². The predicted octanol–water partition coefficient (Wildman–Crippen LogP) is 2.60.